The quantitative estimate of drug-likeness (QED) is 0.850. The van der Waals surface area contributed by atoms with Gasteiger partial charge in [-0.2, -0.15) is 4.98 Å². The minimum absolute atomic E-state index is 0.145. The molecule has 2 rings (SSSR count). The summed E-state index contributed by atoms with van der Waals surface area (Å²) in [6, 6.07) is 8.31. The summed E-state index contributed by atoms with van der Waals surface area (Å²) in [7, 11) is 1.74. The highest BCUT2D eigenvalue weighted by atomic mass is 16.5. The molecule has 2 aromatic rings. The van der Waals surface area contributed by atoms with E-state index in [0.29, 0.717) is 24.3 Å². The molecular formula is C17H25N3O2. The Balaban J connectivity index is 1.94. The first-order chi connectivity index (χ1) is 10.4. The molecule has 0 spiro atoms. The lowest BCUT2D eigenvalue weighted by Gasteiger charge is -2.26. The van der Waals surface area contributed by atoms with Gasteiger partial charge in [0, 0.05) is 18.7 Å². The third-order valence-corrected chi connectivity index (χ3v) is 3.81. The van der Waals surface area contributed by atoms with Gasteiger partial charge in [0.1, 0.15) is 0 Å². The Labute approximate surface area is 132 Å². The monoisotopic (exact) mass is 303 g/mol. The lowest BCUT2D eigenvalue weighted by Crippen LogP contribution is -2.35. The second kappa shape index (κ2) is 7.03. The molecule has 22 heavy (non-hydrogen) atoms. The van der Waals surface area contributed by atoms with Gasteiger partial charge in [-0.25, -0.2) is 0 Å². The van der Waals surface area contributed by atoms with Crippen LogP contribution in [0.5, 0.6) is 0 Å². The Hall–Kier alpha value is -1.72. The van der Waals surface area contributed by atoms with E-state index in [-0.39, 0.29) is 5.60 Å². The van der Waals surface area contributed by atoms with E-state index in [1.165, 1.54) is 0 Å². The number of nitrogens with zero attached hydrogens (tertiary/aromatic N) is 2. The maximum Gasteiger partial charge on any atom is 0.240 e. The van der Waals surface area contributed by atoms with Gasteiger partial charge >= 0.3 is 0 Å². The molecular weight excluding hydrogens is 278 g/mol. The predicted octanol–water partition coefficient (Wildman–Crippen LogP) is 3.34. The zero-order chi connectivity index (χ0) is 16.2. The molecule has 5 heteroatoms. The lowest BCUT2D eigenvalue weighted by molar-refractivity contribution is 0.00825. The summed E-state index contributed by atoms with van der Waals surface area (Å²) in [5, 5.41) is 7.46. The molecule has 0 amide bonds. The van der Waals surface area contributed by atoms with Gasteiger partial charge in [-0.1, -0.05) is 29.4 Å². The van der Waals surface area contributed by atoms with Crippen LogP contribution in [-0.4, -0.2) is 28.9 Å². The van der Waals surface area contributed by atoms with Gasteiger partial charge in [-0.05, 0) is 39.7 Å². The van der Waals surface area contributed by atoms with Crippen LogP contribution < -0.4 is 5.32 Å². The standard InChI is InChI=1S/C17H25N3O2/c1-12-8-6-7-9-14(12)16-19-15(22-20-16)11-18-13(2)10-17(3,4)21-5/h6-9,13,18H,10-11H2,1-5H3/t13-/m0/s1. The van der Waals surface area contributed by atoms with Crippen molar-refractivity contribution in [2.45, 2.75) is 52.3 Å². The molecule has 0 bridgehead atoms. The van der Waals surface area contributed by atoms with Gasteiger partial charge in [0.25, 0.3) is 0 Å². The average molecular weight is 303 g/mol. The minimum atomic E-state index is -0.145. The largest absolute Gasteiger partial charge is 0.379 e. The summed E-state index contributed by atoms with van der Waals surface area (Å²) in [4.78, 5) is 4.46. The van der Waals surface area contributed by atoms with Crippen LogP contribution in [0.3, 0.4) is 0 Å². The predicted molar refractivity (Wildman–Crippen MR) is 86.5 cm³/mol. The summed E-state index contributed by atoms with van der Waals surface area (Å²) < 4.78 is 10.8. The molecule has 0 saturated carbocycles. The van der Waals surface area contributed by atoms with Gasteiger partial charge in [0.05, 0.1) is 12.1 Å². The Morgan fingerprint density at radius 1 is 1.32 bits per heavy atom. The number of methoxy groups -OCH3 is 1. The fourth-order valence-corrected chi connectivity index (χ4v) is 2.41. The second-order valence-electron chi connectivity index (χ2n) is 6.28. The topological polar surface area (TPSA) is 60.2 Å². The van der Waals surface area contributed by atoms with Crippen LogP contribution in [0.4, 0.5) is 0 Å². The number of benzene rings is 1. The molecule has 1 atom stereocenters. The van der Waals surface area contributed by atoms with Crippen molar-refractivity contribution >= 4 is 0 Å². The van der Waals surface area contributed by atoms with E-state index in [4.69, 9.17) is 9.26 Å². The second-order valence-corrected chi connectivity index (χ2v) is 6.28. The van der Waals surface area contributed by atoms with Crippen molar-refractivity contribution in [1.29, 1.82) is 0 Å². The number of hydrogen-bond donors (Lipinski definition) is 1. The van der Waals surface area contributed by atoms with Crippen LogP contribution in [0.15, 0.2) is 28.8 Å². The third-order valence-electron chi connectivity index (χ3n) is 3.81. The fourth-order valence-electron chi connectivity index (χ4n) is 2.41. The van der Waals surface area contributed by atoms with Crippen LogP contribution >= 0.6 is 0 Å². The van der Waals surface area contributed by atoms with Gasteiger partial charge < -0.3 is 14.6 Å². The highest BCUT2D eigenvalue weighted by Gasteiger charge is 2.20. The summed E-state index contributed by atoms with van der Waals surface area (Å²) in [6.07, 6.45) is 0.905. The lowest BCUT2D eigenvalue weighted by atomic mass is 10.00. The van der Waals surface area contributed by atoms with Crippen molar-refractivity contribution in [2.24, 2.45) is 0 Å². The van der Waals surface area contributed by atoms with Crippen molar-refractivity contribution in [3.63, 3.8) is 0 Å². The molecule has 1 N–H and O–H groups in total. The van der Waals surface area contributed by atoms with Crippen molar-refractivity contribution in [3.05, 3.63) is 35.7 Å². The average Bonchev–Trinajstić information content (AvgIpc) is 2.94. The van der Waals surface area contributed by atoms with Gasteiger partial charge in [0.15, 0.2) is 0 Å². The maximum absolute atomic E-state index is 5.44. The molecule has 0 fully saturated rings. The van der Waals surface area contributed by atoms with E-state index in [9.17, 15) is 0 Å². The molecule has 0 aliphatic rings. The summed E-state index contributed by atoms with van der Waals surface area (Å²) in [5.74, 6) is 1.24. The smallest absolute Gasteiger partial charge is 0.240 e. The van der Waals surface area contributed by atoms with Gasteiger partial charge in [0.2, 0.25) is 11.7 Å². The third kappa shape index (κ3) is 4.39. The van der Waals surface area contributed by atoms with Crippen LogP contribution in [0.2, 0.25) is 0 Å². The van der Waals surface area contributed by atoms with E-state index >= 15 is 0 Å². The molecule has 1 aromatic carbocycles. The van der Waals surface area contributed by atoms with Crippen molar-refractivity contribution < 1.29 is 9.26 Å². The first-order valence-electron chi connectivity index (χ1n) is 7.58. The van der Waals surface area contributed by atoms with Crippen LogP contribution in [0.1, 0.15) is 38.6 Å². The van der Waals surface area contributed by atoms with E-state index in [1.54, 1.807) is 7.11 Å². The van der Waals surface area contributed by atoms with Crippen molar-refractivity contribution in [3.8, 4) is 11.4 Å². The Morgan fingerprint density at radius 2 is 2.05 bits per heavy atom. The van der Waals surface area contributed by atoms with E-state index in [1.807, 2.05) is 31.2 Å². The number of rotatable bonds is 7. The van der Waals surface area contributed by atoms with Crippen LogP contribution in [-0.2, 0) is 11.3 Å². The highest BCUT2D eigenvalue weighted by Crippen LogP contribution is 2.20. The SMILES string of the molecule is COC(C)(C)C[C@H](C)NCc1nc(-c2ccccc2C)no1. The molecule has 1 heterocycles. The molecule has 0 saturated heterocycles. The number of hydrogen-bond acceptors (Lipinski definition) is 5. The molecule has 0 aliphatic heterocycles. The van der Waals surface area contributed by atoms with E-state index < -0.39 is 0 Å². The minimum Gasteiger partial charge on any atom is -0.379 e. The Morgan fingerprint density at radius 3 is 2.73 bits per heavy atom. The normalized spacial score (nSPS) is 13.3. The first kappa shape index (κ1) is 16.6. The van der Waals surface area contributed by atoms with Crippen molar-refractivity contribution in [1.82, 2.24) is 15.5 Å². The molecule has 5 nitrogen and oxygen atoms in total. The van der Waals surface area contributed by atoms with Crippen LogP contribution in [0, 0.1) is 6.92 Å². The summed E-state index contributed by atoms with van der Waals surface area (Å²) in [6.45, 7) is 8.88. The zero-order valence-electron chi connectivity index (χ0n) is 14.0. The first-order valence-corrected chi connectivity index (χ1v) is 7.58. The van der Waals surface area contributed by atoms with E-state index in [0.717, 1.165) is 17.5 Å². The Kier molecular flexibility index (Phi) is 5.32. The number of aromatic nitrogens is 2. The molecule has 0 unspecified atom stereocenters. The van der Waals surface area contributed by atoms with Gasteiger partial charge in [-0.15, -0.1) is 0 Å². The molecule has 1 aromatic heterocycles. The Bertz CT molecular complexity index is 607. The maximum atomic E-state index is 5.44. The number of ether oxygens (including phenoxy) is 1. The summed E-state index contributed by atoms with van der Waals surface area (Å²) in [5.41, 5.74) is 2.00. The fraction of sp³-hybridized carbons (Fsp3) is 0.529. The molecule has 0 aliphatic carbocycles. The summed E-state index contributed by atoms with van der Waals surface area (Å²) >= 11 is 0. The number of aryl methyl sites for hydroxylation is 1. The zero-order valence-corrected chi connectivity index (χ0v) is 14.0. The number of nitrogens with one attached hydrogen (secondary N) is 1. The molecule has 120 valence electrons. The van der Waals surface area contributed by atoms with Crippen molar-refractivity contribution in [2.75, 3.05) is 7.11 Å². The van der Waals surface area contributed by atoms with E-state index in [2.05, 4.69) is 36.2 Å². The molecule has 0 radical (unpaired) electrons. The van der Waals surface area contributed by atoms with Crippen LogP contribution in [0.25, 0.3) is 11.4 Å². The van der Waals surface area contributed by atoms with Gasteiger partial charge in [-0.3, -0.25) is 0 Å². The highest BCUT2D eigenvalue weighted by molar-refractivity contribution is 5.58.